The highest BCUT2D eigenvalue weighted by Crippen LogP contribution is 2.37. The van der Waals surface area contributed by atoms with E-state index in [9.17, 15) is 0 Å². The van der Waals surface area contributed by atoms with Crippen LogP contribution in [0.5, 0.6) is 11.5 Å². The molecule has 33 heavy (non-hydrogen) atoms. The summed E-state index contributed by atoms with van der Waals surface area (Å²) in [5.41, 5.74) is 3.06. The Kier molecular flexibility index (Phi) is 5.07. The predicted octanol–water partition coefficient (Wildman–Crippen LogP) is 2.78. The Labute approximate surface area is 192 Å². The third kappa shape index (κ3) is 3.48. The van der Waals surface area contributed by atoms with Crippen molar-refractivity contribution in [3.63, 3.8) is 0 Å². The second kappa shape index (κ2) is 8.24. The summed E-state index contributed by atoms with van der Waals surface area (Å²) in [5.74, 6) is 3.11. The van der Waals surface area contributed by atoms with Gasteiger partial charge in [-0.15, -0.1) is 0 Å². The molecule has 3 aromatic rings. The van der Waals surface area contributed by atoms with E-state index in [1.54, 1.807) is 14.2 Å². The minimum Gasteiger partial charge on any atom is -0.493 e. The number of fused-ring (bicyclic) bond motifs is 5. The lowest BCUT2D eigenvalue weighted by Gasteiger charge is -2.42. The molecule has 3 aliphatic heterocycles. The molecule has 9 heteroatoms. The molecule has 1 aromatic heterocycles. The molecule has 1 fully saturated rings. The number of benzene rings is 2. The number of nitrogens with zero attached hydrogens (tertiary/aromatic N) is 5. The number of aliphatic imine (C=N–C) groups is 1. The number of nitrogens with one attached hydrogen (secondary N) is 1. The molecule has 9 nitrogen and oxygen atoms in total. The van der Waals surface area contributed by atoms with Crippen LogP contribution in [-0.2, 0) is 4.74 Å². The first-order valence-corrected chi connectivity index (χ1v) is 11.4. The van der Waals surface area contributed by atoms with Gasteiger partial charge in [0.15, 0.2) is 11.5 Å². The Morgan fingerprint density at radius 2 is 2.00 bits per heavy atom. The molecule has 1 N–H and O–H groups in total. The minimum absolute atomic E-state index is 0.174. The first kappa shape index (κ1) is 20.3. The first-order valence-electron chi connectivity index (χ1n) is 11.4. The van der Waals surface area contributed by atoms with Crippen LogP contribution in [0.15, 0.2) is 47.5 Å². The van der Waals surface area contributed by atoms with Crippen LogP contribution in [0, 0.1) is 0 Å². The second-order valence-electron chi connectivity index (χ2n) is 8.61. The molecule has 0 radical (unpaired) electrons. The fourth-order valence-corrected chi connectivity index (χ4v) is 4.96. The maximum Gasteiger partial charge on any atom is 0.216 e. The number of aromatic nitrogens is 2. The van der Waals surface area contributed by atoms with Gasteiger partial charge in [0.25, 0.3) is 0 Å². The Balaban J connectivity index is 1.41. The Hall–Kier alpha value is -3.30. The highest BCUT2D eigenvalue weighted by Gasteiger charge is 2.36. The molecule has 2 aromatic carbocycles. The fraction of sp³-hybridized carbons (Fsp3) is 0.417. The maximum absolute atomic E-state index is 5.86. The second-order valence-corrected chi connectivity index (χ2v) is 8.61. The van der Waals surface area contributed by atoms with Gasteiger partial charge in [0.05, 0.1) is 44.7 Å². The van der Waals surface area contributed by atoms with Gasteiger partial charge in [-0.25, -0.2) is 9.98 Å². The molecule has 4 heterocycles. The fourth-order valence-electron chi connectivity index (χ4n) is 4.96. The molecular formula is C24H28N6O3. The van der Waals surface area contributed by atoms with Gasteiger partial charge in [-0.3, -0.25) is 14.4 Å². The molecular weight excluding hydrogens is 420 g/mol. The topological polar surface area (TPSA) is 76.4 Å². The van der Waals surface area contributed by atoms with E-state index >= 15 is 0 Å². The third-order valence-corrected chi connectivity index (χ3v) is 6.57. The number of hydrogen-bond donors (Lipinski definition) is 1. The van der Waals surface area contributed by atoms with E-state index in [1.165, 1.54) is 0 Å². The van der Waals surface area contributed by atoms with Crippen LogP contribution in [0.1, 0.15) is 24.6 Å². The zero-order valence-electron chi connectivity index (χ0n) is 18.9. The highest BCUT2D eigenvalue weighted by atomic mass is 16.5. The summed E-state index contributed by atoms with van der Waals surface area (Å²) in [5, 5.41) is 3.65. The molecule has 0 spiro atoms. The Bertz CT molecular complexity index is 1200. The number of hydrogen-bond acceptors (Lipinski definition) is 8. The van der Waals surface area contributed by atoms with E-state index in [0.717, 1.165) is 54.5 Å². The normalized spacial score (nSPS) is 22.5. The van der Waals surface area contributed by atoms with Crippen molar-refractivity contribution in [3.8, 4) is 11.5 Å². The summed E-state index contributed by atoms with van der Waals surface area (Å²) in [6.07, 6.45) is 2.37. The SMILES string of the molecule is COc1ccc([C@H]2NC3=NCN(C[C@H]4CCCO4)CN3c3nc4ccccc4n32)cc1OC. The monoisotopic (exact) mass is 448 g/mol. The van der Waals surface area contributed by atoms with E-state index in [2.05, 4.69) is 37.9 Å². The van der Waals surface area contributed by atoms with Crippen LogP contribution >= 0.6 is 0 Å². The average molecular weight is 449 g/mol. The van der Waals surface area contributed by atoms with Crippen molar-refractivity contribution in [1.29, 1.82) is 0 Å². The van der Waals surface area contributed by atoms with Crippen molar-refractivity contribution in [2.45, 2.75) is 25.1 Å². The number of rotatable bonds is 5. The smallest absolute Gasteiger partial charge is 0.216 e. The summed E-state index contributed by atoms with van der Waals surface area (Å²) in [4.78, 5) is 14.4. The van der Waals surface area contributed by atoms with Gasteiger partial charge in [0.1, 0.15) is 6.17 Å². The van der Waals surface area contributed by atoms with Gasteiger partial charge in [-0.05, 0) is 42.7 Å². The van der Waals surface area contributed by atoms with Crippen LogP contribution < -0.4 is 19.7 Å². The van der Waals surface area contributed by atoms with Gasteiger partial charge < -0.3 is 19.5 Å². The number of anilines is 1. The minimum atomic E-state index is -0.174. The lowest BCUT2D eigenvalue weighted by molar-refractivity contribution is 0.0732. The van der Waals surface area contributed by atoms with Crippen LogP contribution in [0.25, 0.3) is 11.0 Å². The van der Waals surface area contributed by atoms with Crippen molar-refractivity contribution in [3.05, 3.63) is 48.0 Å². The number of ether oxygens (including phenoxy) is 3. The molecule has 0 amide bonds. The zero-order chi connectivity index (χ0) is 22.4. The molecule has 2 atom stereocenters. The van der Waals surface area contributed by atoms with Crippen LogP contribution in [0.2, 0.25) is 0 Å². The Morgan fingerprint density at radius 1 is 1.12 bits per heavy atom. The molecule has 0 unspecified atom stereocenters. The largest absolute Gasteiger partial charge is 0.493 e. The predicted molar refractivity (Wildman–Crippen MR) is 126 cm³/mol. The maximum atomic E-state index is 5.86. The highest BCUT2D eigenvalue weighted by molar-refractivity contribution is 5.98. The van der Waals surface area contributed by atoms with E-state index in [-0.39, 0.29) is 12.3 Å². The average Bonchev–Trinajstić information content (AvgIpc) is 3.51. The molecule has 1 saturated heterocycles. The number of para-hydroxylation sites is 2. The number of methoxy groups -OCH3 is 2. The summed E-state index contributed by atoms with van der Waals surface area (Å²) in [6, 6.07) is 14.2. The van der Waals surface area contributed by atoms with Crippen LogP contribution in [-0.4, -0.2) is 67.2 Å². The molecule has 172 valence electrons. The van der Waals surface area contributed by atoms with Gasteiger partial charge >= 0.3 is 0 Å². The third-order valence-electron chi connectivity index (χ3n) is 6.57. The quantitative estimate of drug-likeness (QED) is 0.643. The van der Waals surface area contributed by atoms with Crippen molar-refractivity contribution in [2.75, 3.05) is 45.6 Å². The summed E-state index contributed by atoms with van der Waals surface area (Å²) < 4.78 is 19.1. The molecule has 6 rings (SSSR count). The van der Waals surface area contributed by atoms with Gasteiger partial charge in [0, 0.05) is 13.2 Å². The van der Waals surface area contributed by atoms with Gasteiger partial charge in [-0.2, -0.15) is 0 Å². The van der Waals surface area contributed by atoms with Crippen molar-refractivity contribution in [1.82, 2.24) is 19.8 Å². The lowest BCUT2D eigenvalue weighted by Crippen LogP contribution is -2.58. The summed E-state index contributed by atoms with van der Waals surface area (Å²) in [7, 11) is 3.30. The van der Waals surface area contributed by atoms with E-state index < -0.39 is 0 Å². The molecule has 3 aliphatic rings. The zero-order valence-corrected chi connectivity index (χ0v) is 18.9. The van der Waals surface area contributed by atoms with Crippen molar-refractivity contribution < 1.29 is 14.2 Å². The van der Waals surface area contributed by atoms with E-state index in [4.69, 9.17) is 24.2 Å². The van der Waals surface area contributed by atoms with Crippen LogP contribution in [0.4, 0.5) is 5.95 Å². The first-order chi connectivity index (χ1) is 16.2. The molecule has 0 bridgehead atoms. The molecule has 0 saturated carbocycles. The summed E-state index contributed by atoms with van der Waals surface area (Å²) in [6.45, 7) is 3.10. The standard InChI is InChI=1S/C24H28N6O3/c1-31-20-10-9-16(12-21(20)32-2)22-27-23-25-14-28(13-17-6-5-11-33-17)15-29(23)24-26-18-7-3-4-8-19(18)30(22)24/h3-4,7-10,12,17,22H,5-6,11,13-15H2,1-2H3,(H,25,27)/t17-,22+/m1/s1. The van der Waals surface area contributed by atoms with Gasteiger partial charge in [0.2, 0.25) is 11.9 Å². The van der Waals surface area contributed by atoms with Crippen LogP contribution in [0.3, 0.4) is 0 Å². The summed E-state index contributed by atoms with van der Waals surface area (Å²) >= 11 is 0. The molecule has 0 aliphatic carbocycles. The number of imidazole rings is 1. The van der Waals surface area contributed by atoms with Crippen molar-refractivity contribution >= 4 is 22.9 Å². The van der Waals surface area contributed by atoms with E-state index in [1.807, 2.05) is 24.3 Å². The Morgan fingerprint density at radius 3 is 2.82 bits per heavy atom. The van der Waals surface area contributed by atoms with Gasteiger partial charge in [-0.1, -0.05) is 18.2 Å². The van der Waals surface area contributed by atoms with Crippen molar-refractivity contribution in [2.24, 2.45) is 4.99 Å². The number of guanidine groups is 1. The van der Waals surface area contributed by atoms with E-state index in [0.29, 0.717) is 24.8 Å². The lowest BCUT2D eigenvalue weighted by atomic mass is 10.1.